The number of nitrogens with zero attached hydrogens (tertiary/aromatic N) is 4. The van der Waals surface area contributed by atoms with E-state index in [0.29, 0.717) is 12.1 Å². The molecule has 2 heterocycles. The summed E-state index contributed by atoms with van der Waals surface area (Å²) in [6, 6.07) is 8.84. The van der Waals surface area contributed by atoms with Gasteiger partial charge < -0.3 is 5.11 Å². The van der Waals surface area contributed by atoms with Gasteiger partial charge in [-0.3, -0.25) is 9.36 Å². The van der Waals surface area contributed by atoms with Crippen molar-refractivity contribution < 1.29 is 9.90 Å². The number of carboxylic acid groups (broad SMARTS) is 1. The van der Waals surface area contributed by atoms with E-state index >= 15 is 0 Å². The highest BCUT2D eigenvalue weighted by Crippen LogP contribution is 2.17. The molecular formula is C15H14N4O2. The van der Waals surface area contributed by atoms with Gasteiger partial charge in [-0.1, -0.05) is 18.2 Å². The van der Waals surface area contributed by atoms with Gasteiger partial charge in [-0.2, -0.15) is 10.2 Å². The van der Waals surface area contributed by atoms with Crippen LogP contribution in [0.5, 0.6) is 0 Å². The second-order valence-corrected chi connectivity index (χ2v) is 4.76. The summed E-state index contributed by atoms with van der Waals surface area (Å²) in [6.07, 6.45) is 5.47. The van der Waals surface area contributed by atoms with Gasteiger partial charge >= 0.3 is 5.97 Å². The highest BCUT2D eigenvalue weighted by molar-refractivity contribution is 5.89. The summed E-state index contributed by atoms with van der Waals surface area (Å²) >= 11 is 0. The number of aromatic nitrogens is 4. The van der Waals surface area contributed by atoms with E-state index in [0.717, 1.165) is 16.8 Å². The fourth-order valence-electron chi connectivity index (χ4n) is 2.20. The third-order valence-electron chi connectivity index (χ3n) is 3.22. The van der Waals surface area contributed by atoms with E-state index in [2.05, 4.69) is 10.2 Å². The Hall–Kier alpha value is -2.89. The lowest BCUT2D eigenvalue weighted by Gasteiger charge is -2.05. The van der Waals surface area contributed by atoms with Crippen LogP contribution < -0.4 is 0 Å². The quantitative estimate of drug-likeness (QED) is 0.794. The summed E-state index contributed by atoms with van der Waals surface area (Å²) in [6.45, 7) is 0.419. The number of hydrogen-bond acceptors (Lipinski definition) is 3. The van der Waals surface area contributed by atoms with Crippen LogP contribution in [-0.4, -0.2) is 30.6 Å². The first-order chi connectivity index (χ1) is 10.1. The molecule has 0 atom stereocenters. The standard InChI is InChI=1S/C15H14N4O2/c1-18-9-12(8-16-18)14-6-7-19(17-14)10-11-4-2-3-5-13(11)15(20)21/h2-9H,10H2,1H3,(H,20,21). The van der Waals surface area contributed by atoms with Crippen LogP contribution in [0.2, 0.25) is 0 Å². The Balaban J connectivity index is 1.87. The van der Waals surface area contributed by atoms with Crippen LogP contribution in [0, 0.1) is 0 Å². The maximum Gasteiger partial charge on any atom is 0.336 e. The molecule has 0 radical (unpaired) electrons. The number of benzene rings is 1. The molecule has 6 nitrogen and oxygen atoms in total. The fraction of sp³-hybridized carbons (Fsp3) is 0.133. The normalized spacial score (nSPS) is 10.7. The Labute approximate surface area is 121 Å². The van der Waals surface area contributed by atoms with E-state index < -0.39 is 5.97 Å². The SMILES string of the molecule is Cn1cc(-c2ccn(Cc3ccccc3C(=O)O)n2)cn1. The van der Waals surface area contributed by atoms with Crippen molar-refractivity contribution in [1.29, 1.82) is 0 Å². The van der Waals surface area contributed by atoms with Crippen LogP contribution in [0.25, 0.3) is 11.3 Å². The Morgan fingerprint density at radius 3 is 2.81 bits per heavy atom. The van der Waals surface area contributed by atoms with E-state index in [9.17, 15) is 9.90 Å². The molecule has 0 aliphatic carbocycles. The van der Waals surface area contributed by atoms with Gasteiger partial charge in [0.05, 0.1) is 24.0 Å². The number of carbonyl (C=O) groups is 1. The van der Waals surface area contributed by atoms with Crippen molar-refractivity contribution in [1.82, 2.24) is 19.6 Å². The molecular weight excluding hydrogens is 268 g/mol. The van der Waals surface area contributed by atoms with E-state index in [4.69, 9.17) is 0 Å². The molecule has 3 aromatic rings. The maximum atomic E-state index is 11.2. The lowest BCUT2D eigenvalue weighted by Crippen LogP contribution is -2.07. The molecule has 0 spiro atoms. The molecule has 0 saturated carbocycles. The molecule has 6 heteroatoms. The summed E-state index contributed by atoms with van der Waals surface area (Å²) in [5, 5.41) is 17.8. The topological polar surface area (TPSA) is 72.9 Å². The average Bonchev–Trinajstić information content (AvgIpc) is 3.08. The first kappa shape index (κ1) is 13.1. The summed E-state index contributed by atoms with van der Waals surface area (Å²) in [4.78, 5) is 11.2. The minimum atomic E-state index is -0.926. The van der Waals surface area contributed by atoms with Crippen molar-refractivity contribution in [2.45, 2.75) is 6.54 Å². The highest BCUT2D eigenvalue weighted by Gasteiger charge is 2.10. The number of aromatic carboxylic acids is 1. The smallest absolute Gasteiger partial charge is 0.336 e. The minimum Gasteiger partial charge on any atom is -0.478 e. The Morgan fingerprint density at radius 1 is 1.29 bits per heavy atom. The third-order valence-corrected chi connectivity index (χ3v) is 3.22. The molecule has 106 valence electrons. The van der Waals surface area contributed by atoms with Gasteiger partial charge in [-0.15, -0.1) is 0 Å². The lowest BCUT2D eigenvalue weighted by molar-refractivity contribution is 0.0695. The molecule has 0 saturated heterocycles. The first-order valence-corrected chi connectivity index (χ1v) is 6.47. The largest absolute Gasteiger partial charge is 0.478 e. The molecule has 1 aromatic carbocycles. The molecule has 0 aliphatic heterocycles. The highest BCUT2D eigenvalue weighted by atomic mass is 16.4. The number of aryl methyl sites for hydroxylation is 1. The molecule has 0 unspecified atom stereocenters. The van der Waals surface area contributed by atoms with Gasteiger partial charge in [0, 0.05) is 25.0 Å². The van der Waals surface area contributed by atoms with Crippen LogP contribution in [0.1, 0.15) is 15.9 Å². The number of carboxylic acids is 1. The van der Waals surface area contributed by atoms with Crippen LogP contribution >= 0.6 is 0 Å². The van der Waals surface area contributed by atoms with Gasteiger partial charge in [0.1, 0.15) is 0 Å². The predicted octanol–water partition coefficient (Wildman–Crippen LogP) is 2.03. The molecule has 2 aromatic heterocycles. The monoisotopic (exact) mass is 282 g/mol. The predicted molar refractivity (Wildman–Crippen MR) is 76.9 cm³/mol. The van der Waals surface area contributed by atoms with Crippen molar-refractivity contribution in [2.75, 3.05) is 0 Å². The molecule has 0 fully saturated rings. The average molecular weight is 282 g/mol. The zero-order valence-corrected chi connectivity index (χ0v) is 11.5. The third kappa shape index (κ3) is 2.69. The minimum absolute atomic E-state index is 0.302. The fourth-order valence-corrected chi connectivity index (χ4v) is 2.20. The van der Waals surface area contributed by atoms with Crippen LogP contribution in [0.3, 0.4) is 0 Å². The second kappa shape index (κ2) is 5.24. The van der Waals surface area contributed by atoms with Crippen molar-refractivity contribution >= 4 is 5.97 Å². The number of rotatable bonds is 4. The molecule has 0 amide bonds. The maximum absolute atomic E-state index is 11.2. The summed E-state index contributed by atoms with van der Waals surface area (Å²) in [5.74, 6) is -0.926. The molecule has 0 aliphatic rings. The van der Waals surface area contributed by atoms with Gasteiger partial charge in [-0.05, 0) is 17.7 Å². The van der Waals surface area contributed by atoms with E-state index in [1.54, 1.807) is 33.8 Å². The molecule has 1 N–H and O–H groups in total. The Morgan fingerprint density at radius 2 is 2.10 bits per heavy atom. The Kier molecular flexibility index (Phi) is 3.27. The van der Waals surface area contributed by atoms with Crippen molar-refractivity contribution in [3.8, 4) is 11.3 Å². The van der Waals surface area contributed by atoms with E-state index in [1.807, 2.05) is 31.6 Å². The van der Waals surface area contributed by atoms with E-state index in [-0.39, 0.29) is 0 Å². The lowest BCUT2D eigenvalue weighted by atomic mass is 10.1. The van der Waals surface area contributed by atoms with E-state index in [1.165, 1.54) is 0 Å². The summed E-state index contributed by atoms with van der Waals surface area (Å²) in [7, 11) is 1.85. The van der Waals surface area contributed by atoms with Crippen LogP contribution in [0.15, 0.2) is 48.9 Å². The number of hydrogen-bond donors (Lipinski definition) is 1. The zero-order valence-electron chi connectivity index (χ0n) is 11.5. The zero-order chi connectivity index (χ0) is 14.8. The van der Waals surface area contributed by atoms with Crippen LogP contribution in [-0.2, 0) is 13.6 Å². The Bertz CT molecular complexity index is 788. The molecule has 3 rings (SSSR count). The van der Waals surface area contributed by atoms with Gasteiger partial charge in [0.25, 0.3) is 0 Å². The summed E-state index contributed by atoms with van der Waals surface area (Å²) in [5.41, 5.74) is 2.78. The second-order valence-electron chi connectivity index (χ2n) is 4.76. The van der Waals surface area contributed by atoms with Gasteiger partial charge in [0.2, 0.25) is 0 Å². The van der Waals surface area contributed by atoms with Gasteiger partial charge in [-0.25, -0.2) is 4.79 Å². The first-order valence-electron chi connectivity index (χ1n) is 6.47. The summed E-state index contributed by atoms with van der Waals surface area (Å²) < 4.78 is 3.44. The van der Waals surface area contributed by atoms with Crippen molar-refractivity contribution in [2.24, 2.45) is 7.05 Å². The molecule has 0 bridgehead atoms. The van der Waals surface area contributed by atoms with Crippen LogP contribution in [0.4, 0.5) is 0 Å². The van der Waals surface area contributed by atoms with Crippen molar-refractivity contribution in [3.05, 3.63) is 60.0 Å². The van der Waals surface area contributed by atoms with Crippen molar-refractivity contribution in [3.63, 3.8) is 0 Å². The van der Waals surface area contributed by atoms with Gasteiger partial charge in [0.15, 0.2) is 0 Å². The molecule has 21 heavy (non-hydrogen) atoms.